The zero-order valence-electron chi connectivity index (χ0n) is 12.2. The molecule has 5 nitrogen and oxygen atoms in total. The van der Waals surface area contributed by atoms with E-state index < -0.39 is 0 Å². The van der Waals surface area contributed by atoms with Crippen LogP contribution < -0.4 is 10.2 Å². The van der Waals surface area contributed by atoms with Crippen LogP contribution in [-0.2, 0) is 6.54 Å². The van der Waals surface area contributed by atoms with Crippen molar-refractivity contribution in [3.05, 3.63) is 46.7 Å². The number of benzene rings is 1. The molecule has 1 aliphatic heterocycles. The second-order valence-corrected chi connectivity index (χ2v) is 6.33. The number of halogens is 1. The first-order chi connectivity index (χ1) is 10.8. The highest BCUT2D eigenvalue weighted by Crippen LogP contribution is 2.24. The summed E-state index contributed by atoms with van der Waals surface area (Å²) in [6, 6.07) is 10.3. The number of hydrogen-bond acceptors (Lipinski definition) is 5. The molecule has 0 aliphatic carbocycles. The van der Waals surface area contributed by atoms with Crippen molar-refractivity contribution in [3.63, 3.8) is 0 Å². The first-order valence-electron chi connectivity index (χ1n) is 7.44. The van der Waals surface area contributed by atoms with E-state index in [1.165, 1.54) is 5.56 Å². The molecule has 116 valence electrons. The topological polar surface area (TPSA) is 61.3 Å². The van der Waals surface area contributed by atoms with Crippen molar-refractivity contribution in [3.8, 4) is 0 Å². The van der Waals surface area contributed by atoms with Gasteiger partial charge in [-0.2, -0.15) is 0 Å². The molecule has 1 saturated heterocycles. The van der Waals surface area contributed by atoms with Crippen molar-refractivity contribution in [1.29, 1.82) is 0 Å². The smallest absolute Gasteiger partial charge is 0.134 e. The summed E-state index contributed by atoms with van der Waals surface area (Å²) in [5, 5.41) is 12.8. The highest BCUT2D eigenvalue weighted by Gasteiger charge is 2.25. The van der Waals surface area contributed by atoms with Gasteiger partial charge in [0.05, 0.1) is 12.6 Å². The van der Waals surface area contributed by atoms with Crippen LogP contribution in [0.1, 0.15) is 18.4 Å². The van der Waals surface area contributed by atoms with Gasteiger partial charge in [-0.05, 0) is 30.5 Å². The zero-order valence-corrected chi connectivity index (χ0v) is 13.8. The molecule has 6 heteroatoms. The lowest BCUT2D eigenvalue weighted by Crippen LogP contribution is -2.32. The molecule has 1 unspecified atom stereocenters. The van der Waals surface area contributed by atoms with Gasteiger partial charge in [0.1, 0.15) is 18.0 Å². The number of nitrogens with one attached hydrogen (secondary N) is 1. The molecule has 0 spiro atoms. The monoisotopic (exact) mass is 362 g/mol. The minimum atomic E-state index is 0.172. The summed E-state index contributed by atoms with van der Waals surface area (Å²) in [5.74, 6) is 1.68. The fraction of sp³-hybridized carbons (Fsp3) is 0.375. The minimum absolute atomic E-state index is 0.172. The molecule has 1 aromatic heterocycles. The third kappa shape index (κ3) is 3.56. The number of aliphatic hydroxyl groups excluding tert-OH is 1. The van der Waals surface area contributed by atoms with E-state index in [1.54, 1.807) is 6.33 Å². The van der Waals surface area contributed by atoms with Crippen LogP contribution in [0, 0.1) is 0 Å². The first kappa shape index (κ1) is 15.2. The molecule has 2 N–H and O–H groups in total. The molecule has 2 aromatic rings. The Morgan fingerprint density at radius 3 is 2.86 bits per heavy atom. The number of aliphatic hydroxyl groups is 1. The van der Waals surface area contributed by atoms with Gasteiger partial charge in [0.15, 0.2) is 0 Å². The second kappa shape index (κ2) is 7.07. The summed E-state index contributed by atoms with van der Waals surface area (Å²) in [7, 11) is 0. The van der Waals surface area contributed by atoms with Gasteiger partial charge in [-0.25, -0.2) is 9.97 Å². The van der Waals surface area contributed by atoms with Crippen LogP contribution >= 0.6 is 15.9 Å². The fourth-order valence-corrected chi connectivity index (χ4v) is 2.99. The summed E-state index contributed by atoms with van der Waals surface area (Å²) >= 11 is 3.43. The second-order valence-electron chi connectivity index (χ2n) is 5.41. The molecular formula is C16H19BrN4O. The third-order valence-corrected chi connectivity index (χ3v) is 4.45. The average molecular weight is 363 g/mol. The van der Waals surface area contributed by atoms with Crippen LogP contribution in [0.2, 0.25) is 0 Å². The van der Waals surface area contributed by atoms with Gasteiger partial charge in [-0.15, -0.1) is 0 Å². The number of anilines is 2. The molecular weight excluding hydrogens is 344 g/mol. The van der Waals surface area contributed by atoms with Gasteiger partial charge in [0, 0.05) is 23.6 Å². The van der Waals surface area contributed by atoms with Crippen molar-refractivity contribution in [2.45, 2.75) is 25.4 Å². The van der Waals surface area contributed by atoms with Crippen LogP contribution in [0.4, 0.5) is 11.6 Å². The van der Waals surface area contributed by atoms with Crippen LogP contribution in [0.5, 0.6) is 0 Å². The zero-order chi connectivity index (χ0) is 15.4. The van der Waals surface area contributed by atoms with E-state index in [9.17, 15) is 5.11 Å². The van der Waals surface area contributed by atoms with Crippen molar-refractivity contribution >= 4 is 27.6 Å². The number of aromatic nitrogens is 2. The highest BCUT2D eigenvalue weighted by atomic mass is 79.9. The van der Waals surface area contributed by atoms with Gasteiger partial charge < -0.3 is 15.3 Å². The normalized spacial score (nSPS) is 17.7. The van der Waals surface area contributed by atoms with Crippen LogP contribution in [0.15, 0.2) is 41.1 Å². The Morgan fingerprint density at radius 1 is 1.27 bits per heavy atom. The molecule has 0 saturated carbocycles. The quantitative estimate of drug-likeness (QED) is 0.856. The maximum atomic E-state index is 9.44. The summed E-state index contributed by atoms with van der Waals surface area (Å²) in [6.07, 6.45) is 3.69. The van der Waals surface area contributed by atoms with E-state index in [2.05, 4.69) is 48.2 Å². The van der Waals surface area contributed by atoms with Gasteiger partial charge in [-0.1, -0.05) is 28.1 Å². The van der Waals surface area contributed by atoms with Crippen LogP contribution in [-0.4, -0.2) is 34.3 Å². The van der Waals surface area contributed by atoms with Crippen molar-refractivity contribution in [1.82, 2.24) is 9.97 Å². The predicted octanol–water partition coefficient (Wildman–Crippen LogP) is 2.81. The maximum absolute atomic E-state index is 9.44. The molecule has 0 amide bonds. The van der Waals surface area contributed by atoms with Gasteiger partial charge >= 0.3 is 0 Å². The van der Waals surface area contributed by atoms with E-state index in [4.69, 9.17) is 0 Å². The molecule has 0 bridgehead atoms. The first-order valence-corrected chi connectivity index (χ1v) is 8.23. The molecule has 2 heterocycles. The molecule has 1 aliphatic rings. The van der Waals surface area contributed by atoms with Crippen LogP contribution in [0.3, 0.4) is 0 Å². The number of nitrogens with zero attached hydrogens (tertiary/aromatic N) is 3. The van der Waals surface area contributed by atoms with Crippen molar-refractivity contribution in [2.24, 2.45) is 0 Å². The van der Waals surface area contributed by atoms with Gasteiger partial charge in [0.2, 0.25) is 0 Å². The van der Waals surface area contributed by atoms with Crippen molar-refractivity contribution in [2.75, 3.05) is 23.4 Å². The Balaban J connectivity index is 1.67. The SMILES string of the molecule is OCC1CCCN1c1cc(NCc2ccc(Br)cc2)ncn1. The van der Waals surface area contributed by atoms with Gasteiger partial charge in [-0.3, -0.25) is 0 Å². The largest absolute Gasteiger partial charge is 0.394 e. The number of hydrogen-bond donors (Lipinski definition) is 2. The molecule has 3 rings (SSSR count). The molecule has 0 radical (unpaired) electrons. The minimum Gasteiger partial charge on any atom is -0.394 e. The average Bonchev–Trinajstić information content (AvgIpc) is 3.03. The summed E-state index contributed by atoms with van der Waals surface area (Å²) in [6.45, 7) is 1.83. The molecule has 22 heavy (non-hydrogen) atoms. The van der Waals surface area contributed by atoms with E-state index in [1.807, 2.05) is 18.2 Å². The van der Waals surface area contributed by atoms with Crippen molar-refractivity contribution < 1.29 is 5.11 Å². The lowest BCUT2D eigenvalue weighted by atomic mass is 10.2. The Morgan fingerprint density at radius 2 is 2.09 bits per heavy atom. The standard InChI is InChI=1S/C16H19BrN4O/c17-13-5-3-12(4-6-13)9-18-15-8-16(20-11-19-15)21-7-1-2-14(21)10-22/h3-6,8,11,14,22H,1-2,7,9-10H2,(H,18,19,20). The Hall–Kier alpha value is -1.66. The molecule has 1 atom stereocenters. The maximum Gasteiger partial charge on any atom is 0.134 e. The van der Waals surface area contributed by atoms with Gasteiger partial charge in [0.25, 0.3) is 0 Å². The number of rotatable bonds is 5. The lowest BCUT2D eigenvalue weighted by molar-refractivity contribution is 0.266. The highest BCUT2D eigenvalue weighted by molar-refractivity contribution is 9.10. The Labute approximate surface area is 138 Å². The third-order valence-electron chi connectivity index (χ3n) is 3.92. The molecule has 1 aromatic carbocycles. The summed E-state index contributed by atoms with van der Waals surface area (Å²) < 4.78 is 1.07. The van der Waals surface area contributed by atoms with E-state index >= 15 is 0 Å². The van der Waals surface area contributed by atoms with Crippen LogP contribution in [0.25, 0.3) is 0 Å². The Bertz CT molecular complexity index is 620. The van der Waals surface area contributed by atoms with E-state index in [0.717, 1.165) is 35.5 Å². The predicted molar refractivity (Wildman–Crippen MR) is 91.0 cm³/mol. The van der Waals surface area contributed by atoms with E-state index in [-0.39, 0.29) is 12.6 Å². The Kier molecular flexibility index (Phi) is 4.90. The molecule has 1 fully saturated rings. The summed E-state index contributed by atoms with van der Waals surface area (Å²) in [5.41, 5.74) is 1.19. The summed E-state index contributed by atoms with van der Waals surface area (Å²) in [4.78, 5) is 10.8. The lowest BCUT2D eigenvalue weighted by Gasteiger charge is -2.24. The van der Waals surface area contributed by atoms with E-state index in [0.29, 0.717) is 6.54 Å². The fourth-order valence-electron chi connectivity index (χ4n) is 2.72.